The SMILES string of the molecule is CC(C)(C)CC(C)(C)N1CC=C[C@]23O[C@@H]4C=CCN(Cc5ccccc5)C(=O)[C@@H]4[C@H]2C(=O)N(CCO)C3C1=O. The lowest BCUT2D eigenvalue weighted by Crippen LogP contribution is -2.60. The molecule has 5 atom stereocenters. The molecule has 2 fully saturated rings. The van der Waals surface area contributed by atoms with Gasteiger partial charge in [-0.15, -0.1) is 0 Å². The van der Waals surface area contributed by atoms with Crippen molar-refractivity contribution in [1.82, 2.24) is 14.7 Å². The van der Waals surface area contributed by atoms with Crippen LogP contribution < -0.4 is 0 Å². The number of amides is 3. The van der Waals surface area contributed by atoms with Crippen molar-refractivity contribution in [3.63, 3.8) is 0 Å². The van der Waals surface area contributed by atoms with Crippen LogP contribution in [0.25, 0.3) is 0 Å². The van der Waals surface area contributed by atoms with Gasteiger partial charge in [0.2, 0.25) is 17.7 Å². The maximum absolute atomic E-state index is 14.4. The quantitative estimate of drug-likeness (QED) is 0.566. The third kappa shape index (κ3) is 4.72. The highest BCUT2D eigenvalue weighted by atomic mass is 16.5. The molecule has 4 aliphatic rings. The summed E-state index contributed by atoms with van der Waals surface area (Å²) in [5, 5.41) is 9.90. The van der Waals surface area contributed by atoms with Crippen molar-refractivity contribution in [2.24, 2.45) is 17.3 Å². The number of nitrogens with zero attached hydrogens (tertiary/aromatic N) is 3. The van der Waals surface area contributed by atoms with Gasteiger partial charge < -0.3 is 24.5 Å². The van der Waals surface area contributed by atoms with E-state index in [-0.39, 0.29) is 36.3 Å². The topological polar surface area (TPSA) is 90.4 Å². The molecule has 1 aromatic carbocycles. The molecular weight excluding hydrogens is 494 g/mol. The van der Waals surface area contributed by atoms with Gasteiger partial charge in [-0.05, 0) is 31.2 Å². The number of fused-ring (bicyclic) bond motifs is 2. The summed E-state index contributed by atoms with van der Waals surface area (Å²) in [5.74, 6) is -2.26. The summed E-state index contributed by atoms with van der Waals surface area (Å²) >= 11 is 0. The van der Waals surface area contributed by atoms with Gasteiger partial charge in [0.1, 0.15) is 11.6 Å². The Morgan fingerprint density at radius 1 is 0.974 bits per heavy atom. The number of hydrogen-bond donors (Lipinski definition) is 1. The van der Waals surface area contributed by atoms with Crippen molar-refractivity contribution >= 4 is 17.7 Å². The highest BCUT2D eigenvalue weighted by Gasteiger charge is 2.72. The van der Waals surface area contributed by atoms with Gasteiger partial charge in [-0.25, -0.2) is 0 Å². The number of likely N-dealkylation sites (tertiary alicyclic amines) is 1. The highest BCUT2D eigenvalue weighted by Crippen LogP contribution is 2.54. The largest absolute Gasteiger partial charge is 0.395 e. The standard InChI is InChI=1S/C31H41N3O5/c1-29(2,3)20-30(4,5)34-16-10-14-31-24(27(37)33(17-18-35)25(31)28(34)38)23-22(39-31)13-9-15-32(26(23)36)19-21-11-7-6-8-12-21/h6-14,22-25,35H,15-20H2,1-5H3/t22-,23+,24+,25?,31+/m1/s1. The molecule has 1 spiro atoms. The molecule has 8 heteroatoms. The molecule has 5 rings (SSSR count). The number of aliphatic hydroxyl groups is 1. The van der Waals surface area contributed by atoms with Gasteiger partial charge in [0.25, 0.3) is 0 Å². The summed E-state index contributed by atoms with van der Waals surface area (Å²) in [4.78, 5) is 47.6. The smallest absolute Gasteiger partial charge is 0.249 e. The summed E-state index contributed by atoms with van der Waals surface area (Å²) < 4.78 is 6.68. The number of benzene rings is 1. The van der Waals surface area contributed by atoms with E-state index in [1.807, 2.05) is 59.5 Å². The van der Waals surface area contributed by atoms with Crippen molar-refractivity contribution < 1.29 is 24.2 Å². The minimum absolute atomic E-state index is 0.00732. The van der Waals surface area contributed by atoms with Crippen LogP contribution in [-0.4, -0.2) is 87.1 Å². The van der Waals surface area contributed by atoms with Crippen molar-refractivity contribution in [3.05, 3.63) is 60.2 Å². The first kappa shape index (κ1) is 27.6. The van der Waals surface area contributed by atoms with Crippen LogP contribution in [0.15, 0.2) is 54.6 Å². The molecule has 210 valence electrons. The lowest BCUT2D eigenvalue weighted by atomic mass is 9.77. The van der Waals surface area contributed by atoms with Crippen LogP contribution in [0.3, 0.4) is 0 Å². The van der Waals surface area contributed by atoms with Gasteiger partial charge in [0, 0.05) is 31.7 Å². The van der Waals surface area contributed by atoms with E-state index in [0.29, 0.717) is 19.6 Å². The minimum atomic E-state index is -1.28. The molecule has 0 aromatic heterocycles. The molecule has 39 heavy (non-hydrogen) atoms. The Kier molecular flexibility index (Phi) is 7.00. The predicted octanol–water partition coefficient (Wildman–Crippen LogP) is 2.77. The molecule has 2 saturated heterocycles. The lowest BCUT2D eigenvalue weighted by molar-refractivity contribution is -0.152. The van der Waals surface area contributed by atoms with E-state index in [2.05, 4.69) is 34.6 Å². The summed E-state index contributed by atoms with van der Waals surface area (Å²) in [7, 11) is 0. The van der Waals surface area contributed by atoms with Crippen molar-refractivity contribution in [3.8, 4) is 0 Å². The van der Waals surface area contributed by atoms with Gasteiger partial charge in [-0.1, -0.05) is 75.4 Å². The molecule has 4 aliphatic heterocycles. The molecule has 0 aliphatic carbocycles. The average Bonchev–Trinajstić information content (AvgIpc) is 3.15. The second-order valence-electron chi connectivity index (χ2n) is 13.1. The van der Waals surface area contributed by atoms with E-state index in [1.165, 1.54) is 4.90 Å². The zero-order chi connectivity index (χ0) is 28.2. The summed E-state index contributed by atoms with van der Waals surface area (Å²) in [6.45, 7) is 11.5. The lowest BCUT2D eigenvalue weighted by Gasteiger charge is -2.44. The van der Waals surface area contributed by atoms with Gasteiger partial charge >= 0.3 is 0 Å². The van der Waals surface area contributed by atoms with Gasteiger partial charge in [-0.2, -0.15) is 0 Å². The van der Waals surface area contributed by atoms with Crippen LogP contribution in [0.1, 0.15) is 46.6 Å². The Morgan fingerprint density at radius 2 is 1.69 bits per heavy atom. The zero-order valence-electron chi connectivity index (χ0n) is 23.7. The molecule has 0 saturated carbocycles. The molecular formula is C31H41N3O5. The van der Waals surface area contributed by atoms with Crippen LogP contribution >= 0.6 is 0 Å². The molecule has 3 amide bonds. The normalized spacial score (nSPS) is 30.8. The van der Waals surface area contributed by atoms with Crippen molar-refractivity contribution in [2.75, 3.05) is 26.2 Å². The monoisotopic (exact) mass is 535 g/mol. The molecule has 0 bridgehead atoms. The van der Waals surface area contributed by atoms with E-state index in [0.717, 1.165) is 12.0 Å². The van der Waals surface area contributed by atoms with Crippen LogP contribution in [-0.2, 0) is 25.7 Å². The van der Waals surface area contributed by atoms with Gasteiger partial charge in [0.05, 0.1) is 24.5 Å². The number of carbonyl (C=O) groups is 3. The first-order chi connectivity index (χ1) is 18.4. The summed E-state index contributed by atoms with van der Waals surface area (Å²) in [5.41, 5.74) is -0.777. The Hall–Kier alpha value is -2.97. The maximum atomic E-state index is 14.4. The Balaban J connectivity index is 1.53. The van der Waals surface area contributed by atoms with Crippen LogP contribution in [0.5, 0.6) is 0 Å². The second-order valence-corrected chi connectivity index (χ2v) is 13.1. The van der Waals surface area contributed by atoms with Crippen molar-refractivity contribution in [2.45, 2.75) is 70.9 Å². The molecule has 1 unspecified atom stereocenters. The Bertz CT molecular complexity index is 1190. The fraction of sp³-hybridized carbons (Fsp3) is 0.581. The molecule has 0 radical (unpaired) electrons. The van der Waals surface area contributed by atoms with Gasteiger partial charge in [0.15, 0.2) is 0 Å². The minimum Gasteiger partial charge on any atom is -0.395 e. The molecule has 1 N–H and O–H groups in total. The van der Waals surface area contributed by atoms with Crippen LogP contribution in [0.2, 0.25) is 0 Å². The van der Waals surface area contributed by atoms with E-state index < -0.39 is 35.1 Å². The Morgan fingerprint density at radius 3 is 2.36 bits per heavy atom. The number of rotatable bonds is 6. The molecule has 8 nitrogen and oxygen atoms in total. The summed E-state index contributed by atoms with van der Waals surface area (Å²) in [6.07, 6.45) is 7.74. The average molecular weight is 536 g/mol. The number of carbonyl (C=O) groups excluding carboxylic acids is 3. The third-order valence-corrected chi connectivity index (χ3v) is 8.49. The zero-order valence-corrected chi connectivity index (χ0v) is 23.7. The van der Waals surface area contributed by atoms with Crippen LogP contribution in [0.4, 0.5) is 0 Å². The number of hydrogen-bond acceptors (Lipinski definition) is 5. The molecule has 4 heterocycles. The van der Waals surface area contributed by atoms with E-state index >= 15 is 0 Å². The van der Waals surface area contributed by atoms with Crippen LogP contribution in [0, 0.1) is 17.3 Å². The highest BCUT2D eigenvalue weighted by molar-refractivity contribution is 6.00. The third-order valence-electron chi connectivity index (χ3n) is 8.49. The van der Waals surface area contributed by atoms with Gasteiger partial charge in [-0.3, -0.25) is 14.4 Å². The van der Waals surface area contributed by atoms with E-state index in [4.69, 9.17) is 4.74 Å². The number of β-amino-alcohol motifs (C(OH)–C–C–N with tert-alkyl or cyclic N) is 1. The first-order valence-corrected chi connectivity index (χ1v) is 14.0. The van der Waals surface area contributed by atoms with E-state index in [9.17, 15) is 19.5 Å². The fourth-order valence-corrected chi connectivity index (χ4v) is 7.42. The maximum Gasteiger partial charge on any atom is 0.249 e. The van der Waals surface area contributed by atoms with Crippen molar-refractivity contribution in [1.29, 1.82) is 0 Å². The number of ether oxygens (including phenoxy) is 1. The summed E-state index contributed by atoms with van der Waals surface area (Å²) in [6, 6.07) is 8.83. The second kappa shape index (κ2) is 9.89. The number of aliphatic hydroxyl groups excluding tert-OH is 1. The first-order valence-electron chi connectivity index (χ1n) is 14.0. The van der Waals surface area contributed by atoms with E-state index in [1.54, 1.807) is 4.90 Å². The Labute approximate surface area is 231 Å². The predicted molar refractivity (Wildman–Crippen MR) is 147 cm³/mol. The molecule has 1 aromatic rings. The fourth-order valence-electron chi connectivity index (χ4n) is 7.42.